The van der Waals surface area contributed by atoms with E-state index in [4.69, 9.17) is 11.6 Å². The molecule has 0 aliphatic carbocycles. The zero-order valence-corrected chi connectivity index (χ0v) is 15.6. The predicted molar refractivity (Wildman–Crippen MR) is 95.2 cm³/mol. The molecule has 2 nitrogen and oxygen atoms in total. The summed E-state index contributed by atoms with van der Waals surface area (Å²) in [6, 6.07) is 6.60. The van der Waals surface area contributed by atoms with Crippen molar-refractivity contribution in [3.05, 3.63) is 33.3 Å². The van der Waals surface area contributed by atoms with Gasteiger partial charge >= 0.3 is 0 Å². The molecule has 21 heavy (non-hydrogen) atoms. The normalized spacial score (nSPS) is 18.1. The minimum absolute atomic E-state index is 0.142. The minimum Gasteiger partial charge on any atom is -0.312 e. The number of benzene rings is 1. The summed E-state index contributed by atoms with van der Waals surface area (Å²) in [6.45, 7) is 10.3. The van der Waals surface area contributed by atoms with E-state index in [0.717, 1.165) is 22.5 Å². The van der Waals surface area contributed by atoms with Gasteiger partial charge in [-0.2, -0.15) is 0 Å². The van der Waals surface area contributed by atoms with E-state index < -0.39 is 0 Å². The van der Waals surface area contributed by atoms with E-state index in [9.17, 15) is 0 Å². The Balaban J connectivity index is 2.17. The van der Waals surface area contributed by atoms with Crippen molar-refractivity contribution in [1.82, 2.24) is 10.2 Å². The number of rotatable bonds is 6. The molecule has 1 aromatic carbocycles. The van der Waals surface area contributed by atoms with E-state index in [1.165, 1.54) is 31.5 Å². The Morgan fingerprint density at radius 1 is 1.33 bits per heavy atom. The van der Waals surface area contributed by atoms with Crippen LogP contribution in [0.4, 0.5) is 0 Å². The Kier molecular flexibility index (Phi) is 6.13. The van der Waals surface area contributed by atoms with Gasteiger partial charge in [0, 0.05) is 21.1 Å². The Hall–Kier alpha value is -0.0900. The Morgan fingerprint density at radius 3 is 2.57 bits per heavy atom. The van der Waals surface area contributed by atoms with Crippen LogP contribution in [-0.4, -0.2) is 36.1 Å². The molecule has 2 rings (SSSR count). The predicted octanol–water partition coefficient (Wildman–Crippen LogP) is 4.50. The summed E-state index contributed by atoms with van der Waals surface area (Å²) >= 11 is 9.89. The van der Waals surface area contributed by atoms with Crippen molar-refractivity contribution >= 4 is 27.5 Å². The van der Waals surface area contributed by atoms with Gasteiger partial charge in [0.2, 0.25) is 0 Å². The molecule has 1 saturated heterocycles. The van der Waals surface area contributed by atoms with Crippen molar-refractivity contribution < 1.29 is 0 Å². The lowest BCUT2D eigenvalue weighted by molar-refractivity contribution is 0.107. The Labute approximate surface area is 142 Å². The summed E-state index contributed by atoms with van der Waals surface area (Å²) in [4.78, 5) is 2.62. The molecule has 1 aliphatic rings. The van der Waals surface area contributed by atoms with Gasteiger partial charge in [0.1, 0.15) is 0 Å². The molecule has 0 aromatic heterocycles. The summed E-state index contributed by atoms with van der Waals surface area (Å²) in [5.74, 6) is 0. The number of nitrogens with one attached hydrogen (secondary N) is 1. The van der Waals surface area contributed by atoms with Gasteiger partial charge < -0.3 is 5.32 Å². The highest BCUT2D eigenvalue weighted by atomic mass is 79.9. The van der Waals surface area contributed by atoms with Crippen molar-refractivity contribution in [3.8, 4) is 0 Å². The molecule has 0 amide bonds. The maximum absolute atomic E-state index is 6.41. The highest BCUT2D eigenvalue weighted by molar-refractivity contribution is 9.10. The molecule has 4 heteroatoms. The van der Waals surface area contributed by atoms with Crippen LogP contribution in [0.5, 0.6) is 0 Å². The van der Waals surface area contributed by atoms with Crippen LogP contribution in [0.3, 0.4) is 0 Å². The summed E-state index contributed by atoms with van der Waals surface area (Å²) in [5.41, 5.74) is 1.36. The number of likely N-dealkylation sites (N-methyl/N-ethyl adjacent to an activating group) is 1. The molecule has 0 radical (unpaired) electrons. The molecule has 118 valence electrons. The fourth-order valence-electron chi connectivity index (χ4n) is 3.24. The summed E-state index contributed by atoms with van der Waals surface area (Å²) in [5, 5.41) is 4.53. The van der Waals surface area contributed by atoms with Crippen LogP contribution in [0.15, 0.2) is 22.7 Å². The Bertz CT molecular complexity index is 470. The summed E-state index contributed by atoms with van der Waals surface area (Å²) < 4.78 is 1.04. The highest BCUT2D eigenvalue weighted by Gasteiger charge is 2.36. The molecule has 0 saturated carbocycles. The Morgan fingerprint density at radius 2 is 2.00 bits per heavy atom. The van der Waals surface area contributed by atoms with Crippen LogP contribution >= 0.6 is 27.5 Å². The maximum Gasteiger partial charge on any atom is 0.0449 e. The van der Waals surface area contributed by atoms with E-state index in [2.05, 4.69) is 59.1 Å². The first kappa shape index (κ1) is 17.3. The van der Waals surface area contributed by atoms with Gasteiger partial charge in [0.25, 0.3) is 0 Å². The third-order valence-corrected chi connectivity index (χ3v) is 5.51. The summed E-state index contributed by atoms with van der Waals surface area (Å²) in [7, 11) is 0. The molecule has 1 atom stereocenters. The van der Waals surface area contributed by atoms with Crippen LogP contribution in [0.1, 0.15) is 39.2 Å². The molecule has 0 spiro atoms. The second-order valence-corrected chi connectivity index (χ2v) is 7.72. The monoisotopic (exact) mass is 372 g/mol. The van der Waals surface area contributed by atoms with Crippen molar-refractivity contribution in [2.24, 2.45) is 0 Å². The average molecular weight is 374 g/mol. The first-order valence-corrected chi connectivity index (χ1v) is 9.04. The molecule has 1 unspecified atom stereocenters. The minimum atomic E-state index is 0.142. The zero-order chi connectivity index (χ0) is 15.5. The van der Waals surface area contributed by atoms with Gasteiger partial charge in [-0.15, -0.1) is 0 Å². The number of likely N-dealkylation sites (tertiary alicyclic amines) is 1. The van der Waals surface area contributed by atoms with E-state index in [1.807, 2.05) is 6.07 Å². The molecule has 0 bridgehead atoms. The number of halogens is 2. The van der Waals surface area contributed by atoms with E-state index in [0.29, 0.717) is 6.04 Å². The number of hydrogen-bond donors (Lipinski definition) is 1. The zero-order valence-electron chi connectivity index (χ0n) is 13.3. The quantitative estimate of drug-likeness (QED) is 0.790. The van der Waals surface area contributed by atoms with Crippen molar-refractivity contribution in [2.75, 3.05) is 19.6 Å². The molecular weight excluding hydrogens is 348 g/mol. The lowest BCUT2D eigenvalue weighted by Crippen LogP contribution is -2.57. The first-order chi connectivity index (χ1) is 9.95. The van der Waals surface area contributed by atoms with Crippen molar-refractivity contribution in [2.45, 2.75) is 51.6 Å². The molecule has 1 fully saturated rings. The molecular formula is C17H26BrClN2. The van der Waals surface area contributed by atoms with E-state index >= 15 is 0 Å². The van der Waals surface area contributed by atoms with Crippen LogP contribution in [-0.2, 0) is 6.42 Å². The van der Waals surface area contributed by atoms with E-state index in [1.54, 1.807) is 0 Å². The third kappa shape index (κ3) is 4.22. The van der Waals surface area contributed by atoms with Gasteiger partial charge in [0.15, 0.2) is 0 Å². The van der Waals surface area contributed by atoms with Crippen molar-refractivity contribution in [3.63, 3.8) is 0 Å². The fraction of sp³-hybridized carbons (Fsp3) is 0.647. The standard InChI is InChI=1S/C17H26BrClN2/c1-4-20-16(17(2,3)21-9-5-6-10-21)11-13-7-8-14(18)12-15(13)19/h7-8,12,16,20H,4-6,9-11H2,1-3H3. The topological polar surface area (TPSA) is 15.3 Å². The highest BCUT2D eigenvalue weighted by Crippen LogP contribution is 2.29. The lowest BCUT2D eigenvalue weighted by Gasteiger charge is -2.43. The van der Waals surface area contributed by atoms with Crippen molar-refractivity contribution in [1.29, 1.82) is 0 Å². The average Bonchev–Trinajstić information content (AvgIpc) is 2.95. The van der Waals surface area contributed by atoms with Gasteiger partial charge in [-0.05, 0) is 70.4 Å². The first-order valence-electron chi connectivity index (χ1n) is 7.87. The second kappa shape index (κ2) is 7.45. The number of nitrogens with zero attached hydrogens (tertiary/aromatic N) is 1. The molecule has 1 heterocycles. The van der Waals surface area contributed by atoms with Gasteiger partial charge in [-0.1, -0.05) is 40.5 Å². The number of hydrogen-bond acceptors (Lipinski definition) is 2. The van der Waals surface area contributed by atoms with Crippen LogP contribution in [0.25, 0.3) is 0 Å². The van der Waals surface area contributed by atoms with E-state index in [-0.39, 0.29) is 5.54 Å². The smallest absolute Gasteiger partial charge is 0.0449 e. The SMILES string of the molecule is CCNC(Cc1ccc(Br)cc1Cl)C(C)(C)N1CCCC1. The third-order valence-electron chi connectivity index (χ3n) is 4.66. The largest absolute Gasteiger partial charge is 0.312 e. The summed E-state index contributed by atoms with van der Waals surface area (Å²) in [6.07, 6.45) is 3.60. The second-order valence-electron chi connectivity index (χ2n) is 6.40. The van der Waals surface area contributed by atoms with Gasteiger partial charge in [-0.25, -0.2) is 0 Å². The molecule has 1 aliphatic heterocycles. The lowest BCUT2D eigenvalue weighted by atomic mass is 9.87. The molecule has 1 N–H and O–H groups in total. The molecule has 1 aromatic rings. The van der Waals surface area contributed by atoms with Crippen LogP contribution in [0.2, 0.25) is 5.02 Å². The van der Waals surface area contributed by atoms with Crippen LogP contribution < -0.4 is 5.32 Å². The fourth-order valence-corrected chi connectivity index (χ4v) is 3.99. The van der Waals surface area contributed by atoms with Crippen LogP contribution in [0, 0.1) is 0 Å². The van der Waals surface area contributed by atoms with Gasteiger partial charge in [0.05, 0.1) is 0 Å². The maximum atomic E-state index is 6.41. The van der Waals surface area contributed by atoms with Gasteiger partial charge in [-0.3, -0.25) is 4.90 Å².